The van der Waals surface area contributed by atoms with Crippen molar-refractivity contribution >= 4 is 21.8 Å². The van der Waals surface area contributed by atoms with E-state index in [1.807, 2.05) is 6.07 Å². The van der Waals surface area contributed by atoms with Gasteiger partial charge < -0.3 is 14.8 Å². The highest BCUT2D eigenvalue weighted by Crippen LogP contribution is 2.31. The lowest BCUT2D eigenvalue weighted by molar-refractivity contribution is 0.00610. The molecule has 0 saturated carbocycles. The average Bonchev–Trinajstić information content (AvgIpc) is 3.41. The van der Waals surface area contributed by atoms with Gasteiger partial charge in [0, 0.05) is 80.2 Å². The SMILES string of the molecule is CCCNc1cc(Cc2ccc(S(=O)(=O)N3CCC(N4CCOCC4)CC3)cc2OC)nc2c1C=CC2. The Bertz CT molecular complexity index is 1230. The molecule has 0 atom stereocenters. The van der Waals surface area contributed by atoms with E-state index in [2.05, 4.69) is 35.4 Å². The van der Waals surface area contributed by atoms with E-state index < -0.39 is 10.0 Å². The molecule has 0 radical (unpaired) electrons. The third kappa shape index (κ3) is 5.70. The van der Waals surface area contributed by atoms with Gasteiger partial charge in [0.1, 0.15) is 5.75 Å². The van der Waals surface area contributed by atoms with Crippen LogP contribution in [0.3, 0.4) is 0 Å². The Hall–Kier alpha value is -2.46. The normalized spacial score (nSPS) is 19.2. The Kier molecular flexibility index (Phi) is 8.14. The molecule has 2 fully saturated rings. The van der Waals surface area contributed by atoms with Gasteiger partial charge in [0.05, 0.1) is 30.9 Å². The summed E-state index contributed by atoms with van der Waals surface area (Å²) in [4.78, 5) is 7.61. The molecule has 8 nitrogen and oxygen atoms in total. The molecule has 200 valence electrons. The number of sulfonamides is 1. The molecular formula is C28H38N4O4S. The van der Waals surface area contributed by atoms with Crippen molar-refractivity contribution in [3.63, 3.8) is 0 Å². The summed E-state index contributed by atoms with van der Waals surface area (Å²) in [6.45, 7) is 7.52. The smallest absolute Gasteiger partial charge is 0.243 e. The fourth-order valence-electron chi connectivity index (χ4n) is 5.56. The summed E-state index contributed by atoms with van der Waals surface area (Å²) in [7, 11) is -1.99. The van der Waals surface area contributed by atoms with Crippen LogP contribution in [0.5, 0.6) is 5.75 Å². The number of aromatic nitrogens is 1. The fourth-order valence-corrected chi connectivity index (χ4v) is 7.04. The van der Waals surface area contributed by atoms with Gasteiger partial charge in [-0.15, -0.1) is 0 Å². The van der Waals surface area contributed by atoms with E-state index in [0.717, 1.165) is 81.2 Å². The minimum atomic E-state index is -3.59. The number of ether oxygens (including phenoxy) is 2. The Morgan fingerprint density at radius 1 is 1.14 bits per heavy atom. The van der Waals surface area contributed by atoms with Crippen LogP contribution in [-0.2, 0) is 27.6 Å². The van der Waals surface area contributed by atoms with Gasteiger partial charge in [0.25, 0.3) is 0 Å². The zero-order valence-corrected chi connectivity index (χ0v) is 22.7. The number of allylic oxidation sites excluding steroid dienone is 1. The molecule has 0 amide bonds. The number of morpholine rings is 1. The Morgan fingerprint density at radius 2 is 1.92 bits per heavy atom. The summed E-state index contributed by atoms with van der Waals surface area (Å²) in [5.74, 6) is 0.577. The summed E-state index contributed by atoms with van der Waals surface area (Å²) in [6.07, 6.45) is 8.42. The van der Waals surface area contributed by atoms with E-state index >= 15 is 0 Å². The molecule has 1 aromatic carbocycles. The van der Waals surface area contributed by atoms with E-state index in [4.69, 9.17) is 14.5 Å². The van der Waals surface area contributed by atoms with Gasteiger partial charge >= 0.3 is 0 Å². The Morgan fingerprint density at radius 3 is 2.65 bits per heavy atom. The molecule has 2 aliphatic heterocycles. The van der Waals surface area contributed by atoms with Gasteiger partial charge in [-0.2, -0.15) is 4.31 Å². The van der Waals surface area contributed by atoms with Crippen molar-refractivity contribution in [3.8, 4) is 5.75 Å². The quantitative estimate of drug-likeness (QED) is 0.535. The standard InChI is InChI=1S/C28H38N4O4S/c1-3-11-29-27-19-22(30-26-6-4-5-25(26)27)18-21-7-8-24(20-28(21)35-2)37(33,34)32-12-9-23(10-13-32)31-14-16-36-17-15-31/h4-5,7-8,19-20,23H,3,6,9-18H2,1-2H3,(H,29,30). The van der Waals surface area contributed by atoms with Gasteiger partial charge in [-0.25, -0.2) is 8.42 Å². The highest BCUT2D eigenvalue weighted by molar-refractivity contribution is 7.89. The van der Waals surface area contributed by atoms with Crippen molar-refractivity contribution in [2.75, 3.05) is 58.4 Å². The second-order valence-corrected chi connectivity index (χ2v) is 11.9. The first-order valence-corrected chi connectivity index (χ1v) is 14.9. The number of methoxy groups -OCH3 is 1. The molecule has 2 aromatic rings. The van der Waals surface area contributed by atoms with Crippen LogP contribution in [0.25, 0.3) is 6.08 Å². The number of piperidine rings is 1. The van der Waals surface area contributed by atoms with Crippen molar-refractivity contribution in [2.24, 2.45) is 0 Å². The number of anilines is 1. The molecule has 1 aromatic heterocycles. The zero-order valence-electron chi connectivity index (χ0n) is 21.9. The highest BCUT2D eigenvalue weighted by atomic mass is 32.2. The van der Waals surface area contributed by atoms with E-state index in [1.54, 1.807) is 23.5 Å². The van der Waals surface area contributed by atoms with Crippen LogP contribution in [0, 0.1) is 0 Å². The largest absolute Gasteiger partial charge is 0.496 e. The van der Waals surface area contributed by atoms with E-state index in [-0.39, 0.29) is 4.90 Å². The summed E-state index contributed by atoms with van der Waals surface area (Å²) in [5.41, 5.74) is 5.22. The molecule has 0 spiro atoms. The molecule has 0 bridgehead atoms. The number of pyridine rings is 1. The molecule has 5 rings (SSSR count). The number of rotatable bonds is 9. The molecule has 2 saturated heterocycles. The van der Waals surface area contributed by atoms with Crippen molar-refractivity contribution in [1.82, 2.24) is 14.2 Å². The lowest BCUT2D eigenvalue weighted by Crippen LogP contribution is -2.50. The minimum absolute atomic E-state index is 0.286. The number of fused-ring (bicyclic) bond motifs is 1. The Balaban J connectivity index is 1.30. The number of benzene rings is 1. The Labute approximate surface area is 220 Å². The molecule has 9 heteroatoms. The summed E-state index contributed by atoms with van der Waals surface area (Å²) < 4.78 is 39.7. The summed E-state index contributed by atoms with van der Waals surface area (Å²) in [5, 5.41) is 3.52. The first-order valence-electron chi connectivity index (χ1n) is 13.4. The highest BCUT2D eigenvalue weighted by Gasteiger charge is 2.32. The molecular weight excluding hydrogens is 488 g/mol. The summed E-state index contributed by atoms with van der Waals surface area (Å²) >= 11 is 0. The van der Waals surface area contributed by atoms with Crippen LogP contribution >= 0.6 is 0 Å². The van der Waals surface area contributed by atoms with Crippen LogP contribution in [0.2, 0.25) is 0 Å². The predicted octanol–water partition coefficient (Wildman–Crippen LogP) is 3.56. The van der Waals surface area contributed by atoms with Gasteiger partial charge in [0.2, 0.25) is 10.0 Å². The fraction of sp³-hybridized carbons (Fsp3) is 0.536. The number of nitrogens with one attached hydrogen (secondary N) is 1. The van der Waals surface area contributed by atoms with Crippen molar-refractivity contribution < 1.29 is 17.9 Å². The number of hydrogen-bond acceptors (Lipinski definition) is 7. The minimum Gasteiger partial charge on any atom is -0.496 e. The molecule has 0 unspecified atom stereocenters. The maximum Gasteiger partial charge on any atom is 0.243 e. The molecule has 1 aliphatic carbocycles. The lowest BCUT2D eigenvalue weighted by Gasteiger charge is -2.39. The third-order valence-electron chi connectivity index (χ3n) is 7.61. The number of nitrogens with zero attached hydrogens (tertiary/aromatic N) is 3. The second kappa shape index (κ2) is 11.5. The van der Waals surface area contributed by atoms with Crippen molar-refractivity contribution in [3.05, 3.63) is 52.9 Å². The van der Waals surface area contributed by atoms with Gasteiger partial charge in [-0.3, -0.25) is 9.88 Å². The monoisotopic (exact) mass is 526 g/mol. The van der Waals surface area contributed by atoms with Crippen LogP contribution in [0.15, 0.2) is 35.2 Å². The van der Waals surface area contributed by atoms with E-state index in [9.17, 15) is 8.42 Å². The van der Waals surface area contributed by atoms with Gasteiger partial charge in [-0.05, 0) is 31.4 Å². The second-order valence-electron chi connectivity index (χ2n) is 9.99. The van der Waals surface area contributed by atoms with Crippen LogP contribution in [0.4, 0.5) is 5.69 Å². The number of hydrogen-bond donors (Lipinski definition) is 1. The van der Waals surface area contributed by atoms with Crippen LogP contribution < -0.4 is 10.1 Å². The zero-order chi connectivity index (χ0) is 25.8. The van der Waals surface area contributed by atoms with E-state index in [1.165, 1.54) is 5.56 Å². The molecule has 37 heavy (non-hydrogen) atoms. The van der Waals surface area contributed by atoms with Gasteiger partial charge in [-0.1, -0.05) is 25.1 Å². The van der Waals surface area contributed by atoms with E-state index in [0.29, 0.717) is 31.3 Å². The lowest BCUT2D eigenvalue weighted by atomic mass is 10.0. The third-order valence-corrected chi connectivity index (χ3v) is 9.50. The maximum absolute atomic E-state index is 13.5. The summed E-state index contributed by atoms with van der Waals surface area (Å²) in [6, 6.07) is 7.79. The molecule has 3 aliphatic rings. The average molecular weight is 527 g/mol. The van der Waals surface area contributed by atoms with Crippen molar-refractivity contribution in [1.29, 1.82) is 0 Å². The molecule has 3 heterocycles. The predicted molar refractivity (Wildman–Crippen MR) is 146 cm³/mol. The first kappa shape index (κ1) is 26.2. The van der Waals surface area contributed by atoms with Crippen LogP contribution in [0.1, 0.15) is 48.7 Å². The van der Waals surface area contributed by atoms with Crippen LogP contribution in [-0.4, -0.2) is 81.7 Å². The van der Waals surface area contributed by atoms with Crippen molar-refractivity contribution in [2.45, 2.75) is 50.0 Å². The first-order chi connectivity index (χ1) is 18.0. The van der Waals surface area contributed by atoms with Gasteiger partial charge in [0.15, 0.2) is 0 Å². The maximum atomic E-state index is 13.5. The molecule has 1 N–H and O–H groups in total. The topological polar surface area (TPSA) is 84.0 Å².